The molecule has 0 atom stereocenters. The largest absolute Gasteiger partial charge is 0.477 e. The Morgan fingerprint density at radius 3 is 2.75 bits per heavy atom. The molecule has 112 valence electrons. The minimum absolute atomic E-state index is 0.291. The van der Waals surface area contributed by atoms with Gasteiger partial charge in [0.1, 0.15) is 11.6 Å². The van der Waals surface area contributed by atoms with Crippen molar-refractivity contribution in [3.05, 3.63) is 11.9 Å². The van der Waals surface area contributed by atoms with Crippen molar-refractivity contribution in [2.45, 2.75) is 39.5 Å². The highest BCUT2D eigenvalue weighted by atomic mass is 16.5. The van der Waals surface area contributed by atoms with E-state index in [1.54, 1.807) is 0 Å². The van der Waals surface area contributed by atoms with Crippen LogP contribution in [0.4, 0.5) is 5.82 Å². The van der Waals surface area contributed by atoms with Crippen LogP contribution in [0.5, 0.6) is 5.88 Å². The van der Waals surface area contributed by atoms with E-state index in [0.29, 0.717) is 24.3 Å². The van der Waals surface area contributed by atoms with Crippen LogP contribution in [-0.4, -0.2) is 36.3 Å². The molecule has 1 aromatic rings. The third kappa shape index (κ3) is 4.34. The highest BCUT2D eigenvalue weighted by Gasteiger charge is 2.15. The number of ether oxygens (including phenoxy) is 2. The first-order chi connectivity index (χ1) is 9.69. The second-order valence-corrected chi connectivity index (χ2v) is 5.50. The summed E-state index contributed by atoms with van der Waals surface area (Å²) in [5.41, 5.74) is 0. The summed E-state index contributed by atoms with van der Waals surface area (Å²) in [7, 11) is 0. The van der Waals surface area contributed by atoms with E-state index >= 15 is 0 Å². The van der Waals surface area contributed by atoms with Crippen molar-refractivity contribution in [3.8, 4) is 5.88 Å². The van der Waals surface area contributed by atoms with Crippen LogP contribution in [0, 0.1) is 5.92 Å². The van der Waals surface area contributed by atoms with Crippen LogP contribution in [-0.2, 0) is 4.74 Å². The van der Waals surface area contributed by atoms with Gasteiger partial charge >= 0.3 is 0 Å². The molecule has 1 aliphatic rings. The number of nitrogens with one attached hydrogen (secondary N) is 1. The van der Waals surface area contributed by atoms with Crippen molar-refractivity contribution in [1.29, 1.82) is 0 Å². The van der Waals surface area contributed by atoms with Crippen molar-refractivity contribution in [1.82, 2.24) is 9.97 Å². The van der Waals surface area contributed by atoms with E-state index in [0.717, 1.165) is 44.2 Å². The number of anilines is 1. The summed E-state index contributed by atoms with van der Waals surface area (Å²) in [6, 6.07) is 1.88. The van der Waals surface area contributed by atoms with E-state index < -0.39 is 0 Å². The van der Waals surface area contributed by atoms with Gasteiger partial charge in [-0.1, -0.05) is 13.8 Å². The maximum absolute atomic E-state index is 5.88. The fraction of sp³-hybridized carbons (Fsp3) is 0.733. The van der Waals surface area contributed by atoms with E-state index in [4.69, 9.17) is 9.47 Å². The van der Waals surface area contributed by atoms with Crippen LogP contribution in [0.25, 0.3) is 0 Å². The Hall–Kier alpha value is -1.36. The number of hydrogen-bond donors (Lipinski definition) is 1. The summed E-state index contributed by atoms with van der Waals surface area (Å²) < 4.78 is 11.2. The van der Waals surface area contributed by atoms with E-state index in [-0.39, 0.29) is 0 Å². The average molecular weight is 279 g/mol. The summed E-state index contributed by atoms with van der Waals surface area (Å²) in [4.78, 5) is 8.99. The Balaban J connectivity index is 2.01. The molecule has 20 heavy (non-hydrogen) atoms. The van der Waals surface area contributed by atoms with Gasteiger partial charge in [0.2, 0.25) is 5.88 Å². The predicted molar refractivity (Wildman–Crippen MR) is 79.3 cm³/mol. The Labute approximate surface area is 121 Å². The Morgan fingerprint density at radius 2 is 2.10 bits per heavy atom. The molecule has 0 unspecified atom stereocenters. The lowest BCUT2D eigenvalue weighted by atomic mass is 10.0. The SMILES string of the molecule is CCNc1cc(OCC2CCOCC2)nc(C(C)C)n1. The number of aromatic nitrogens is 2. The first kappa shape index (κ1) is 15.0. The first-order valence-electron chi connectivity index (χ1n) is 7.52. The Bertz CT molecular complexity index is 418. The molecule has 0 radical (unpaired) electrons. The number of rotatable bonds is 6. The molecule has 5 nitrogen and oxygen atoms in total. The molecule has 1 aromatic heterocycles. The molecule has 2 rings (SSSR count). The molecule has 0 aliphatic carbocycles. The average Bonchev–Trinajstić information content (AvgIpc) is 2.46. The lowest BCUT2D eigenvalue weighted by Gasteiger charge is -2.22. The molecule has 2 heterocycles. The maximum Gasteiger partial charge on any atom is 0.218 e. The molecular weight excluding hydrogens is 254 g/mol. The van der Waals surface area contributed by atoms with Crippen molar-refractivity contribution >= 4 is 5.82 Å². The van der Waals surface area contributed by atoms with Crippen LogP contribution in [0.3, 0.4) is 0 Å². The van der Waals surface area contributed by atoms with E-state index in [9.17, 15) is 0 Å². The van der Waals surface area contributed by atoms with Gasteiger partial charge in [-0.3, -0.25) is 0 Å². The molecule has 1 aliphatic heterocycles. The van der Waals surface area contributed by atoms with E-state index in [1.165, 1.54) is 0 Å². The van der Waals surface area contributed by atoms with E-state index in [1.807, 2.05) is 6.07 Å². The molecule has 1 saturated heterocycles. The topological polar surface area (TPSA) is 56.3 Å². The van der Waals surface area contributed by atoms with Crippen molar-refractivity contribution in [2.75, 3.05) is 31.7 Å². The van der Waals surface area contributed by atoms with Gasteiger partial charge < -0.3 is 14.8 Å². The minimum Gasteiger partial charge on any atom is -0.477 e. The fourth-order valence-electron chi connectivity index (χ4n) is 2.16. The Morgan fingerprint density at radius 1 is 1.35 bits per heavy atom. The molecule has 5 heteroatoms. The molecular formula is C15H25N3O2. The molecule has 0 saturated carbocycles. The maximum atomic E-state index is 5.88. The number of nitrogens with zero attached hydrogens (tertiary/aromatic N) is 2. The minimum atomic E-state index is 0.291. The third-order valence-corrected chi connectivity index (χ3v) is 3.40. The third-order valence-electron chi connectivity index (χ3n) is 3.40. The zero-order chi connectivity index (χ0) is 14.4. The van der Waals surface area contributed by atoms with Crippen LogP contribution >= 0.6 is 0 Å². The number of hydrogen-bond acceptors (Lipinski definition) is 5. The van der Waals surface area contributed by atoms with Gasteiger partial charge in [-0.2, -0.15) is 4.98 Å². The predicted octanol–water partition coefficient (Wildman–Crippen LogP) is 2.84. The van der Waals surface area contributed by atoms with Gasteiger partial charge in [0.05, 0.1) is 6.61 Å². The summed E-state index contributed by atoms with van der Waals surface area (Å²) >= 11 is 0. The standard InChI is InChI=1S/C15H25N3O2/c1-4-16-13-9-14(18-15(17-13)11(2)3)20-10-12-5-7-19-8-6-12/h9,11-12H,4-8,10H2,1-3H3,(H,16,17,18). The lowest BCUT2D eigenvalue weighted by Crippen LogP contribution is -2.22. The Kier molecular flexibility index (Phi) is 5.59. The van der Waals surface area contributed by atoms with Gasteiger partial charge in [0.25, 0.3) is 0 Å². The first-order valence-corrected chi connectivity index (χ1v) is 7.52. The van der Waals surface area contributed by atoms with E-state index in [2.05, 4.69) is 36.1 Å². The van der Waals surface area contributed by atoms with Crippen molar-refractivity contribution < 1.29 is 9.47 Å². The summed E-state index contributed by atoms with van der Waals surface area (Å²) in [6.07, 6.45) is 2.14. The molecule has 0 bridgehead atoms. The summed E-state index contributed by atoms with van der Waals surface area (Å²) in [5.74, 6) is 3.20. The lowest BCUT2D eigenvalue weighted by molar-refractivity contribution is 0.0490. The quantitative estimate of drug-likeness (QED) is 0.867. The smallest absolute Gasteiger partial charge is 0.218 e. The summed E-state index contributed by atoms with van der Waals surface area (Å²) in [5, 5.41) is 3.23. The zero-order valence-electron chi connectivity index (χ0n) is 12.7. The fourth-order valence-corrected chi connectivity index (χ4v) is 2.16. The molecule has 0 spiro atoms. The van der Waals surface area contributed by atoms with Crippen LogP contribution in [0.1, 0.15) is 45.4 Å². The van der Waals surface area contributed by atoms with Gasteiger partial charge in [-0.15, -0.1) is 0 Å². The van der Waals surface area contributed by atoms with Gasteiger partial charge in [-0.25, -0.2) is 4.98 Å². The monoisotopic (exact) mass is 279 g/mol. The second-order valence-electron chi connectivity index (χ2n) is 5.50. The van der Waals surface area contributed by atoms with Crippen LogP contribution in [0.15, 0.2) is 6.07 Å². The van der Waals surface area contributed by atoms with Crippen LogP contribution in [0.2, 0.25) is 0 Å². The molecule has 1 fully saturated rings. The normalized spacial score (nSPS) is 16.4. The highest BCUT2D eigenvalue weighted by molar-refractivity contribution is 5.38. The molecule has 0 aromatic carbocycles. The van der Waals surface area contributed by atoms with Gasteiger partial charge in [0.15, 0.2) is 0 Å². The second kappa shape index (κ2) is 7.43. The van der Waals surface area contributed by atoms with Gasteiger partial charge in [-0.05, 0) is 25.7 Å². The van der Waals surface area contributed by atoms with Crippen LogP contribution < -0.4 is 10.1 Å². The molecule has 1 N–H and O–H groups in total. The van der Waals surface area contributed by atoms with Gasteiger partial charge in [0, 0.05) is 31.7 Å². The van der Waals surface area contributed by atoms with Crippen molar-refractivity contribution in [3.63, 3.8) is 0 Å². The summed E-state index contributed by atoms with van der Waals surface area (Å²) in [6.45, 7) is 9.48. The highest BCUT2D eigenvalue weighted by Crippen LogP contribution is 2.21. The van der Waals surface area contributed by atoms with Crippen molar-refractivity contribution in [2.24, 2.45) is 5.92 Å². The molecule has 0 amide bonds. The zero-order valence-corrected chi connectivity index (χ0v) is 12.7.